The van der Waals surface area contributed by atoms with Gasteiger partial charge >= 0.3 is 0 Å². The number of hydrogen-bond acceptors (Lipinski definition) is 3. The lowest BCUT2D eigenvalue weighted by molar-refractivity contribution is 0.0981. The van der Waals surface area contributed by atoms with Crippen molar-refractivity contribution in [3.05, 3.63) is 89.2 Å². The van der Waals surface area contributed by atoms with Crippen molar-refractivity contribution in [2.45, 2.75) is 25.8 Å². The van der Waals surface area contributed by atoms with E-state index in [9.17, 15) is 9.59 Å². The summed E-state index contributed by atoms with van der Waals surface area (Å²) in [5.74, 6) is -0.238. The summed E-state index contributed by atoms with van der Waals surface area (Å²) in [5, 5.41) is 0. The normalized spacial score (nSPS) is 17.2. The van der Waals surface area contributed by atoms with Crippen LogP contribution in [-0.2, 0) is 12.8 Å². The molecule has 0 aliphatic carbocycles. The number of nitrogens with zero attached hydrogens (tertiary/aromatic N) is 3. The van der Waals surface area contributed by atoms with Crippen LogP contribution in [0.15, 0.2) is 67.0 Å². The Hall–Kier alpha value is -3.47. The molecule has 0 bridgehead atoms. The van der Waals surface area contributed by atoms with Crippen molar-refractivity contribution in [2.24, 2.45) is 0 Å². The Morgan fingerprint density at radius 1 is 0.897 bits per heavy atom. The van der Waals surface area contributed by atoms with Crippen molar-refractivity contribution < 1.29 is 9.59 Å². The summed E-state index contributed by atoms with van der Waals surface area (Å²) < 4.78 is 0. The lowest BCUT2D eigenvalue weighted by atomic mass is 10.1. The zero-order valence-corrected chi connectivity index (χ0v) is 16.2. The SMILES string of the molecule is CC1Cc2ccccc2N1C(=O)c1cncc(C(=O)N2CCc3ccccc32)c1. The molecular weight excluding hydrogens is 362 g/mol. The van der Waals surface area contributed by atoms with Crippen LogP contribution < -0.4 is 9.80 Å². The minimum Gasteiger partial charge on any atom is -0.308 e. The molecule has 2 amide bonds. The maximum atomic E-state index is 13.3. The van der Waals surface area contributed by atoms with Gasteiger partial charge in [0, 0.05) is 36.4 Å². The van der Waals surface area contributed by atoms with E-state index in [4.69, 9.17) is 0 Å². The van der Waals surface area contributed by atoms with Crippen LogP contribution in [-0.4, -0.2) is 29.4 Å². The van der Waals surface area contributed by atoms with Crippen LogP contribution in [0.3, 0.4) is 0 Å². The fraction of sp³-hybridized carbons (Fsp3) is 0.208. The minimum atomic E-state index is -0.119. The number of pyridine rings is 1. The molecule has 0 N–H and O–H groups in total. The Bertz CT molecular complexity index is 1120. The van der Waals surface area contributed by atoms with Crippen molar-refractivity contribution in [2.75, 3.05) is 16.3 Å². The summed E-state index contributed by atoms with van der Waals surface area (Å²) in [7, 11) is 0. The molecule has 0 spiro atoms. The van der Waals surface area contributed by atoms with Gasteiger partial charge in [-0.15, -0.1) is 0 Å². The third-order valence-electron chi connectivity index (χ3n) is 5.79. The summed E-state index contributed by atoms with van der Waals surface area (Å²) in [4.78, 5) is 34.2. The van der Waals surface area contributed by atoms with Gasteiger partial charge in [0.1, 0.15) is 0 Å². The number of rotatable bonds is 2. The molecule has 0 radical (unpaired) electrons. The highest BCUT2D eigenvalue weighted by Gasteiger charge is 2.32. The van der Waals surface area contributed by atoms with E-state index in [1.807, 2.05) is 54.3 Å². The number of carbonyl (C=O) groups excluding carboxylic acids is 2. The van der Waals surface area contributed by atoms with E-state index >= 15 is 0 Å². The molecule has 0 fully saturated rings. The van der Waals surface area contributed by atoms with Crippen LogP contribution in [0.4, 0.5) is 11.4 Å². The maximum absolute atomic E-state index is 13.3. The Balaban J connectivity index is 1.45. The van der Waals surface area contributed by atoms with Gasteiger partial charge in [0.05, 0.1) is 11.1 Å². The van der Waals surface area contributed by atoms with Gasteiger partial charge < -0.3 is 9.80 Å². The van der Waals surface area contributed by atoms with Gasteiger partial charge in [-0.1, -0.05) is 36.4 Å². The third-order valence-corrected chi connectivity index (χ3v) is 5.79. The van der Waals surface area contributed by atoms with Crippen molar-refractivity contribution in [3.8, 4) is 0 Å². The summed E-state index contributed by atoms with van der Waals surface area (Å²) >= 11 is 0. The second-order valence-electron chi connectivity index (χ2n) is 7.65. The van der Waals surface area contributed by atoms with Crippen LogP contribution in [0.1, 0.15) is 38.8 Å². The van der Waals surface area contributed by atoms with Crippen molar-refractivity contribution in [3.63, 3.8) is 0 Å². The second kappa shape index (κ2) is 6.85. The zero-order valence-electron chi connectivity index (χ0n) is 16.2. The van der Waals surface area contributed by atoms with Crippen LogP contribution >= 0.6 is 0 Å². The molecule has 3 aromatic rings. The van der Waals surface area contributed by atoms with E-state index in [0.717, 1.165) is 24.2 Å². The molecule has 1 unspecified atom stereocenters. The highest BCUT2D eigenvalue weighted by atomic mass is 16.2. The number of fused-ring (bicyclic) bond motifs is 2. The molecule has 144 valence electrons. The standard InChI is InChI=1S/C24H21N3O2/c1-16-12-18-7-3-5-9-22(18)27(16)24(29)20-13-19(14-25-15-20)23(28)26-11-10-17-6-2-4-8-21(17)26/h2-9,13-16H,10-12H2,1H3. The smallest absolute Gasteiger partial charge is 0.260 e. The average Bonchev–Trinajstić information content (AvgIpc) is 3.33. The van der Waals surface area contributed by atoms with Crippen molar-refractivity contribution in [1.29, 1.82) is 0 Å². The first-order chi connectivity index (χ1) is 14.1. The first-order valence-electron chi connectivity index (χ1n) is 9.90. The molecule has 5 rings (SSSR count). The average molecular weight is 383 g/mol. The fourth-order valence-corrected chi connectivity index (χ4v) is 4.39. The summed E-state index contributed by atoms with van der Waals surface area (Å²) in [6.45, 7) is 2.69. The molecule has 2 aliphatic heterocycles. The highest BCUT2D eigenvalue weighted by molar-refractivity contribution is 6.11. The predicted octanol–water partition coefficient (Wildman–Crippen LogP) is 3.88. The quantitative estimate of drug-likeness (QED) is 0.675. The second-order valence-corrected chi connectivity index (χ2v) is 7.65. The topological polar surface area (TPSA) is 53.5 Å². The van der Waals surface area contributed by atoms with Crippen LogP contribution in [0, 0.1) is 0 Å². The van der Waals surface area contributed by atoms with Gasteiger partial charge in [0.25, 0.3) is 11.8 Å². The molecule has 5 heteroatoms. The van der Waals surface area contributed by atoms with E-state index in [2.05, 4.69) is 11.1 Å². The molecule has 2 aromatic carbocycles. The van der Waals surface area contributed by atoms with Crippen LogP contribution in [0.5, 0.6) is 0 Å². The number of aromatic nitrogens is 1. The third kappa shape index (κ3) is 2.90. The Morgan fingerprint density at radius 3 is 2.34 bits per heavy atom. The van der Waals surface area contributed by atoms with Crippen molar-refractivity contribution >= 4 is 23.2 Å². The van der Waals surface area contributed by atoms with E-state index in [1.54, 1.807) is 23.4 Å². The number of amides is 2. The first-order valence-corrected chi connectivity index (χ1v) is 9.90. The molecule has 1 aromatic heterocycles. The summed E-state index contributed by atoms with van der Waals surface area (Å²) in [6, 6.07) is 17.7. The molecule has 5 nitrogen and oxygen atoms in total. The summed E-state index contributed by atoms with van der Waals surface area (Å²) in [5.41, 5.74) is 5.09. The minimum absolute atomic E-state index is 0.0738. The fourth-order valence-electron chi connectivity index (χ4n) is 4.39. The molecule has 0 saturated carbocycles. The van der Waals surface area contributed by atoms with E-state index in [-0.39, 0.29) is 17.9 Å². The number of anilines is 2. The van der Waals surface area contributed by atoms with Gasteiger partial charge in [-0.05, 0) is 49.1 Å². The molecule has 29 heavy (non-hydrogen) atoms. The van der Waals surface area contributed by atoms with Gasteiger partial charge in [-0.2, -0.15) is 0 Å². The molecular formula is C24H21N3O2. The largest absolute Gasteiger partial charge is 0.308 e. The van der Waals surface area contributed by atoms with Gasteiger partial charge in [-0.25, -0.2) is 0 Å². The lowest BCUT2D eigenvalue weighted by Gasteiger charge is -2.23. The Morgan fingerprint density at radius 2 is 1.55 bits per heavy atom. The lowest BCUT2D eigenvalue weighted by Crippen LogP contribution is -2.36. The predicted molar refractivity (Wildman–Crippen MR) is 112 cm³/mol. The van der Waals surface area contributed by atoms with Gasteiger partial charge in [-0.3, -0.25) is 14.6 Å². The molecule has 0 saturated heterocycles. The van der Waals surface area contributed by atoms with Crippen LogP contribution in [0.2, 0.25) is 0 Å². The number of benzene rings is 2. The number of carbonyl (C=O) groups is 2. The van der Waals surface area contributed by atoms with E-state index in [0.29, 0.717) is 17.7 Å². The van der Waals surface area contributed by atoms with Crippen LogP contribution in [0.25, 0.3) is 0 Å². The number of hydrogen-bond donors (Lipinski definition) is 0. The van der Waals surface area contributed by atoms with Crippen molar-refractivity contribution in [1.82, 2.24) is 4.98 Å². The summed E-state index contributed by atoms with van der Waals surface area (Å²) in [6.07, 6.45) is 4.76. The highest BCUT2D eigenvalue weighted by Crippen LogP contribution is 2.33. The molecule has 2 aliphatic rings. The Kier molecular flexibility index (Phi) is 4.16. The van der Waals surface area contributed by atoms with E-state index in [1.165, 1.54) is 11.1 Å². The van der Waals surface area contributed by atoms with E-state index < -0.39 is 0 Å². The molecule has 3 heterocycles. The Labute approximate surface area is 169 Å². The van der Waals surface area contributed by atoms with Gasteiger partial charge in [0.15, 0.2) is 0 Å². The zero-order chi connectivity index (χ0) is 20.0. The number of para-hydroxylation sites is 2. The van der Waals surface area contributed by atoms with Gasteiger partial charge in [0.2, 0.25) is 0 Å². The maximum Gasteiger partial charge on any atom is 0.260 e. The monoisotopic (exact) mass is 383 g/mol. The first kappa shape index (κ1) is 17.6. The molecule has 1 atom stereocenters.